The molecule has 0 unspecified atom stereocenters. The standard InChI is InChI=1S/C2F6.C/c3-1(4,5)2(6,7)8;. The average molecular weight is 150 g/mol. The molecule has 0 N–H and O–H groups in total. The first-order valence-corrected chi connectivity index (χ1v) is 1.38. The lowest BCUT2D eigenvalue weighted by Crippen LogP contribution is -2.30. The quantitative estimate of drug-likeness (QED) is 0.464. The molecule has 0 rings (SSSR count). The van der Waals surface area contributed by atoms with Crippen LogP contribution in [0.25, 0.3) is 0 Å². The molecule has 0 saturated carbocycles. The summed E-state index contributed by atoms with van der Waals surface area (Å²) in [7, 11) is 0. The van der Waals surface area contributed by atoms with Gasteiger partial charge in [-0.15, -0.1) is 0 Å². The predicted molar refractivity (Wildman–Crippen MR) is 15.4 cm³/mol. The van der Waals surface area contributed by atoms with E-state index < -0.39 is 12.4 Å². The zero-order valence-electron chi connectivity index (χ0n) is 3.77. The molecule has 0 saturated heterocycles. The van der Waals surface area contributed by atoms with Gasteiger partial charge in [0.2, 0.25) is 0 Å². The molecule has 6 heteroatoms. The van der Waals surface area contributed by atoms with Crippen LogP contribution in [-0.4, -0.2) is 12.4 Å². The van der Waals surface area contributed by atoms with Crippen LogP contribution in [0.5, 0.6) is 0 Å². The molecule has 0 aromatic rings. The number of hydrogen-bond acceptors (Lipinski definition) is 0. The molecule has 0 aliphatic carbocycles. The van der Waals surface area contributed by atoms with Crippen LogP contribution < -0.4 is 0 Å². The minimum Gasteiger partial charge on any atom is -0.162 e. The summed E-state index contributed by atoms with van der Waals surface area (Å²) in [5.41, 5.74) is 0. The summed E-state index contributed by atoms with van der Waals surface area (Å²) in [5, 5.41) is 0. The molecule has 4 radical (unpaired) electrons. The van der Waals surface area contributed by atoms with Crippen molar-refractivity contribution in [1.29, 1.82) is 0 Å². The summed E-state index contributed by atoms with van der Waals surface area (Å²) in [4.78, 5) is 0. The van der Waals surface area contributed by atoms with E-state index in [4.69, 9.17) is 0 Å². The summed E-state index contributed by atoms with van der Waals surface area (Å²) in [6, 6.07) is 0. The Morgan fingerprint density at radius 3 is 0.667 bits per heavy atom. The van der Waals surface area contributed by atoms with Gasteiger partial charge in [0.1, 0.15) is 0 Å². The van der Waals surface area contributed by atoms with E-state index in [1.165, 1.54) is 0 Å². The maximum Gasteiger partial charge on any atom is 0.487 e. The fraction of sp³-hybridized carbons (Fsp3) is 0.667. The highest BCUT2D eigenvalue weighted by Gasteiger charge is 2.58. The summed E-state index contributed by atoms with van der Waals surface area (Å²) >= 11 is 0. The van der Waals surface area contributed by atoms with Crippen molar-refractivity contribution in [3.8, 4) is 0 Å². The van der Waals surface area contributed by atoms with Gasteiger partial charge in [-0.05, 0) is 0 Å². The van der Waals surface area contributed by atoms with Gasteiger partial charge in [0.05, 0.1) is 0 Å². The summed E-state index contributed by atoms with van der Waals surface area (Å²) in [6.45, 7) is 0. The zero-order chi connectivity index (χ0) is 7.00. The monoisotopic (exact) mass is 150 g/mol. The smallest absolute Gasteiger partial charge is 0.162 e. The molecule has 0 nitrogen and oxygen atoms in total. The van der Waals surface area contributed by atoms with Gasteiger partial charge in [0.15, 0.2) is 0 Å². The Morgan fingerprint density at radius 1 is 0.556 bits per heavy atom. The van der Waals surface area contributed by atoms with E-state index in [2.05, 4.69) is 0 Å². The first kappa shape index (κ1) is 11.4. The predicted octanol–water partition coefficient (Wildman–Crippen LogP) is 2.19. The third-order valence-corrected chi connectivity index (χ3v) is 0.321. The van der Waals surface area contributed by atoms with E-state index in [0.717, 1.165) is 0 Å². The molecule has 0 amide bonds. The van der Waals surface area contributed by atoms with Crippen molar-refractivity contribution in [3.05, 3.63) is 7.43 Å². The highest BCUT2D eigenvalue weighted by molar-refractivity contribution is 4.59. The van der Waals surface area contributed by atoms with Crippen LogP contribution in [0.15, 0.2) is 0 Å². The Labute approximate surface area is 47.5 Å². The van der Waals surface area contributed by atoms with Crippen LogP contribution in [-0.2, 0) is 0 Å². The number of alkyl halides is 6. The molecule has 9 heavy (non-hydrogen) atoms. The van der Waals surface area contributed by atoms with E-state index in [0.29, 0.717) is 0 Å². The molecule has 0 aliphatic heterocycles. The van der Waals surface area contributed by atoms with Gasteiger partial charge in [-0.2, -0.15) is 26.3 Å². The molecular formula is C3F6. The van der Waals surface area contributed by atoms with Crippen LogP contribution >= 0.6 is 0 Å². The second-order valence-corrected chi connectivity index (χ2v) is 0.996. The molecule has 54 valence electrons. The molecule has 0 aromatic carbocycles. The Hall–Kier alpha value is -0.420. The van der Waals surface area contributed by atoms with E-state index in [9.17, 15) is 26.3 Å². The second kappa shape index (κ2) is 2.45. The van der Waals surface area contributed by atoms with E-state index in [1.54, 1.807) is 0 Å². The second-order valence-electron chi connectivity index (χ2n) is 0.996. The Bertz CT molecular complexity index is 63.3. The van der Waals surface area contributed by atoms with Crippen LogP contribution in [0, 0.1) is 7.43 Å². The lowest BCUT2D eigenvalue weighted by Gasteiger charge is -2.08. The Kier molecular flexibility index (Phi) is 3.10. The Morgan fingerprint density at radius 2 is 0.667 bits per heavy atom. The van der Waals surface area contributed by atoms with Crippen LogP contribution in [0.4, 0.5) is 26.3 Å². The fourth-order valence-electron chi connectivity index (χ4n) is 0. The maximum absolute atomic E-state index is 10.4. The van der Waals surface area contributed by atoms with Gasteiger partial charge >= 0.3 is 12.4 Å². The van der Waals surface area contributed by atoms with Gasteiger partial charge < -0.3 is 0 Å². The van der Waals surface area contributed by atoms with Crippen molar-refractivity contribution in [2.45, 2.75) is 12.4 Å². The van der Waals surface area contributed by atoms with E-state index in [-0.39, 0.29) is 7.43 Å². The largest absolute Gasteiger partial charge is 0.487 e. The summed E-state index contributed by atoms with van der Waals surface area (Å²) < 4.78 is 62.6. The number of hydrogen-bond donors (Lipinski definition) is 0. The lowest BCUT2D eigenvalue weighted by atomic mass is 10.7. The number of halogens is 6. The van der Waals surface area contributed by atoms with Crippen molar-refractivity contribution in [3.63, 3.8) is 0 Å². The van der Waals surface area contributed by atoms with Gasteiger partial charge in [0.25, 0.3) is 0 Å². The highest BCUT2D eigenvalue weighted by Crippen LogP contribution is 2.35. The molecular weight excluding hydrogens is 150 g/mol. The van der Waals surface area contributed by atoms with E-state index in [1.807, 2.05) is 0 Å². The first-order valence-electron chi connectivity index (χ1n) is 1.38. The Balaban J connectivity index is 0. The van der Waals surface area contributed by atoms with Gasteiger partial charge in [0, 0.05) is 7.43 Å². The van der Waals surface area contributed by atoms with E-state index >= 15 is 0 Å². The third-order valence-electron chi connectivity index (χ3n) is 0.321. The average Bonchev–Trinajstić information content (AvgIpc) is 1.25. The van der Waals surface area contributed by atoms with Gasteiger partial charge in [-0.1, -0.05) is 0 Å². The molecule has 0 aliphatic rings. The molecule has 0 atom stereocenters. The first-order chi connectivity index (χ1) is 3.25. The molecule has 0 heterocycles. The summed E-state index contributed by atoms with van der Waals surface area (Å²) in [6.07, 6.45) is -12.1. The lowest BCUT2D eigenvalue weighted by molar-refractivity contribution is -0.339. The SMILES string of the molecule is FC(F)(F)C(F)(F)F.[C]. The van der Waals surface area contributed by atoms with Crippen molar-refractivity contribution in [2.24, 2.45) is 0 Å². The topological polar surface area (TPSA) is 0 Å². The molecule has 0 fully saturated rings. The maximum atomic E-state index is 10.4. The van der Waals surface area contributed by atoms with Crippen LogP contribution in [0.1, 0.15) is 0 Å². The molecule has 0 aromatic heterocycles. The van der Waals surface area contributed by atoms with Crippen LogP contribution in [0.3, 0.4) is 0 Å². The highest BCUT2D eigenvalue weighted by atomic mass is 19.5. The summed E-state index contributed by atoms with van der Waals surface area (Å²) in [5.74, 6) is 0. The van der Waals surface area contributed by atoms with Crippen molar-refractivity contribution < 1.29 is 26.3 Å². The van der Waals surface area contributed by atoms with Crippen molar-refractivity contribution in [2.75, 3.05) is 0 Å². The van der Waals surface area contributed by atoms with Crippen LogP contribution in [0.2, 0.25) is 0 Å². The minimum absolute atomic E-state index is 0. The van der Waals surface area contributed by atoms with Crippen molar-refractivity contribution >= 4 is 0 Å². The normalized spacial score (nSPS) is 12.7. The zero-order valence-corrected chi connectivity index (χ0v) is 3.77. The van der Waals surface area contributed by atoms with Gasteiger partial charge in [-0.25, -0.2) is 0 Å². The van der Waals surface area contributed by atoms with Crippen molar-refractivity contribution in [1.82, 2.24) is 0 Å². The fourth-order valence-corrected chi connectivity index (χ4v) is 0. The number of rotatable bonds is 0. The molecule has 0 spiro atoms. The molecule has 0 bridgehead atoms. The third kappa shape index (κ3) is 3.21. The minimum atomic E-state index is -6.06. The van der Waals surface area contributed by atoms with Gasteiger partial charge in [-0.3, -0.25) is 0 Å².